The first kappa shape index (κ1) is 14.1. The summed E-state index contributed by atoms with van der Waals surface area (Å²) in [7, 11) is 3.89. The summed E-state index contributed by atoms with van der Waals surface area (Å²) >= 11 is 0. The number of anilines is 1. The van der Waals surface area contributed by atoms with Gasteiger partial charge in [-0.05, 0) is 42.3 Å². The van der Waals surface area contributed by atoms with Crippen LogP contribution in [0.25, 0.3) is 5.57 Å². The molecule has 104 valence electrons. The number of hydrogen-bond donors (Lipinski definition) is 0. The van der Waals surface area contributed by atoms with Crippen LogP contribution in [0.15, 0.2) is 61.0 Å². The summed E-state index contributed by atoms with van der Waals surface area (Å²) in [6.45, 7) is 5.84. The van der Waals surface area contributed by atoms with Crippen molar-refractivity contribution >= 4 is 11.4 Å². The molecule has 1 aromatic rings. The SMILES string of the molecule is C=C1C=CC(F)=CN1/C=C(\C)c1ccc(N(C)C)nc1. The summed E-state index contributed by atoms with van der Waals surface area (Å²) in [5, 5.41) is 0. The monoisotopic (exact) mass is 271 g/mol. The van der Waals surface area contributed by atoms with E-state index < -0.39 is 0 Å². The zero-order valence-corrected chi connectivity index (χ0v) is 12.0. The molecule has 0 saturated carbocycles. The molecule has 0 amide bonds. The smallest absolute Gasteiger partial charge is 0.139 e. The molecule has 0 aliphatic carbocycles. The third kappa shape index (κ3) is 3.15. The van der Waals surface area contributed by atoms with Gasteiger partial charge in [-0.25, -0.2) is 9.37 Å². The lowest BCUT2D eigenvalue weighted by molar-refractivity contribution is 0.576. The molecule has 0 radical (unpaired) electrons. The summed E-state index contributed by atoms with van der Waals surface area (Å²) in [5.74, 6) is 0.611. The van der Waals surface area contributed by atoms with Crippen LogP contribution in [-0.4, -0.2) is 24.0 Å². The van der Waals surface area contributed by atoms with Gasteiger partial charge in [0.2, 0.25) is 0 Å². The second-order valence-corrected chi connectivity index (χ2v) is 4.86. The number of allylic oxidation sites excluding steroid dienone is 4. The van der Waals surface area contributed by atoms with Crippen molar-refractivity contribution in [3.05, 3.63) is 66.5 Å². The topological polar surface area (TPSA) is 19.4 Å². The van der Waals surface area contributed by atoms with Crippen LogP contribution in [0.5, 0.6) is 0 Å². The highest BCUT2D eigenvalue weighted by Crippen LogP contribution is 2.21. The molecule has 1 aliphatic heterocycles. The maximum Gasteiger partial charge on any atom is 0.139 e. The fourth-order valence-electron chi connectivity index (χ4n) is 1.81. The number of rotatable bonds is 3. The summed E-state index contributed by atoms with van der Waals surface area (Å²) in [4.78, 5) is 7.98. The largest absolute Gasteiger partial charge is 0.363 e. The molecule has 0 fully saturated rings. The Morgan fingerprint density at radius 3 is 2.70 bits per heavy atom. The molecule has 0 aromatic carbocycles. The second-order valence-electron chi connectivity index (χ2n) is 4.86. The first-order chi connectivity index (χ1) is 9.47. The Hall–Kier alpha value is -2.36. The van der Waals surface area contributed by atoms with Gasteiger partial charge in [-0.3, -0.25) is 0 Å². The lowest BCUT2D eigenvalue weighted by atomic mass is 10.1. The van der Waals surface area contributed by atoms with E-state index in [4.69, 9.17) is 0 Å². The highest BCUT2D eigenvalue weighted by Gasteiger charge is 2.08. The summed E-state index contributed by atoms with van der Waals surface area (Å²) in [5.41, 5.74) is 2.71. The zero-order chi connectivity index (χ0) is 14.7. The van der Waals surface area contributed by atoms with Crippen LogP contribution in [0.3, 0.4) is 0 Å². The van der Waals surface area contributed by atoms with E-state index in [1.807, 2.05) is 50.4 Å². The fourth-order valence-corrected chi connectivity index (χ4v) is 1.81. The maximum atomic E-state index is 13.2. The summed E-state index contributed by atoms with van der Waals surface area (Å²) in [6, 6.07) is 3.95. The molecule has 0 saturated heterocycles. The Morgan fingerprint density at radius 1 is 1.35 bits per heavy atom. The number of hydrogen-bond acceptors (Lipinski definition) is 3. The number of halogens is 1. The van der Waals surface area contributed by atoms with Crippen molar-refractivity contribution in [1.82, 2.24) is 9.88 Å². The minimum absolute atomic E-state index is 0.289. The van der Waals surface area contributed by atoms with Crippen LogP contribution in [0.1, 0.15) is 12.5 Å². The molecule has 1 aliphatic rings. The van der Waals surface area contributed by atoms with E-state index in [0.29, 0.717) is 0 Å². The second kappa shape index (κ2) is 5.74. The molecule has 4 heteroatoms. The standard InChI is InChI=1S/C16H18FN3/c1-12(10-20-11-15(17)7-5-13(20)2)14-6-8-16(18-9-14)19(3)4/h5-11H,2H2,1,3-4H3/b12-10+. The Balaban J connectivity index is 2.22. The van der Waals surface area contributed by atoms with Crippen LogP contribution < -0.4 is 4.90 Å². The van der Waals surface area contributed by atoms with Gasteiger partial charge in [0.15, 0.2) is 0 Å². The molecule has 0 atom stereocenters. The molecule has 20 heavy (non-hydrogen) atoms. The lowest BCUT2D eigenvalue weighted by Crippen LogP contribution is -2.11. The van der Waals surface area contributed by atoms with Gasteiger partial charge in [-0.1, -0.05) is 6.58 Å². The molecule has 1 aromatic heterocycles. The molecule has 0 spiro atoms. The van der Waals surface area contributed by atoms with Crippen LogP contribution in [-0.2, 0) is 0 Å². The van der Waals surface area contributed by atoms with Crippen molar-refractivity contribution < 1.29 is 4.39 Å². The molecular weight excluding hydrogens is 253 g/mol. The molecular formula is C16H18FN3. The van der Waals surface area contributed by atoms with E-state index in [0.717, 1.165) is 22.7 Å². The first-order valence-electron chi connectivity index (χ1n) is 6.32. The van der Waals surface area contributed by atoms with Crippen LogP contribution in [0, 0.1) is 0 Å². The van der Waals surface area contributed by atoms with E-state index in [9.17, 15) is 4.39 Å². The van der Waals surface area contributed by atoms with Crippen molar-refractivity contribution in [2.75, 3.05) is 19.0 Å². The van der Waals surface area contributed by atoms with E-state index in [-0.39, 0.29) is 5.83 Å². The van der Waals surface area contributed by atoms with Gasteiger partial charge in [0.25, 0.3) is 0 Å². The zero-order valence-electron chi connectivity index (χ0n) is 12.0. The van der Waals surface area contributed by atoms with Gasteiger partial charge in [0.1, 0.15) is 11.6 Å². The lowest BCUT2D eigenvalue weighted by Gasteiger charge is -2.20. The predicted molar refractivity (Wildman–Crippen MR) is 81.5 cm³/mol. The highest BCUT2D eigenvalue weighted by atomic mass is 19.1. The molecule has 2 rings (SSSR count). The van der Waals surface area contributed by atoms with Gasteiger partial charge in [-0.15, -0.1) is 0 Å². The van der Waals surface area contributed by atoms with Gasteiger partial charge in [0, 0.05) is 38.4 Å². The third-order valence-electron chi connectivity index (χ3n) is 3.02. The van der Waals surface area contributed by atoms with E-state index in [2.05, 4.69) is 11.6 Å². The quantitative estimate of drug-likeness (QED) is 0.835. The van der Waals surface area contributed by atoms with Crippen LogP contribution in [0.4, 0.5) is 10.2 Å². The third-order valence-corrected chi connectivity index (χ3v) is 3.02. The van der Waals surface area contributed by atoms with E-state index >= 15 is 0 Å². The average molecular weight is 271 g/mol. The summed E-state index contributed by atoms with van der Waals surface area (Å²) < 4.78 is 13.2. The van der Waals surface area contributed by atoms with Crippen molar-refractivity contribution in [3.63, 3.8) is 0 Å². The minimum Gasteiger partial charge on any atom is -0.363 e. The van der Waals surface area contributed by atoms with Gasteiger partial charge >= 0.3 is 0 Å². The Bertz CT molecular complexity index is 595. The highest BCUT2D eigenvalue weighted by molar-refractivity contribution is 5.64. The van der Waals surface area contributed by atoms with E-state index in [1.165, 1.54) is 12.3 Å². The Kier molecular flexibility index (Phi) is 4.03. The first-order valence-corrected chi connectivity index (χ1v) is 6.32. The molecule has 3 nitrogen and oxygen atoms in total. The molecule has 0 unspecified atom stereocenters. The van der Waals surface area contributed by atoms with Crippen LogP contribution in [0.2, 0.25) is 0 Å². The van der Waals surface area contributed by atoms with Gasteiger partial charge in [0.05, 0.1) is 0 Å². The molecule has 2 heterocycles. The van der Waals surface area contributed by atoms with E-state index in [1.54, 1.807) is 11.0 Å². The normalized spacial score (nSPS) is 15.4. The number of pyridine rings is 1. The number of aromatic nitrogens is 1. The van der Waals surface area contributed by atoms with Crippen molar-refractivity contribution in [2.45, 2.75) is 6.92 Å². The maximum absolute atomic E-state index is 13.2. The van der Waals surface area contributed by atoms with Crippen LogP contribution >= 0.6 is 0 Å². The Morgan fingerprint density at radius 2 is 2.10 bits per heavy atom. The van der Waals surface area contributed by atoms with Crippen molar-refractivity contribution in [3.8, 4) is 0 Å². The van der Waals surface area contributed by atoms with Crippen molar-refractivity contribution in [1.29, 1.82) is 0 Å². The minimum atomic E-state index is -0.289. The summed E-state index contributed by atoms with van der Waals surface area (Å²) in [6.07, 6.45) is 8.11. The van der Waals surface area contributed by atoms with Gasteiger partial charge in [-0.2, -0.15) is 0 Å². The average Bonchev–Trinajstić information content (AvgIpc) is 2.43. The number of nitrogens with zero attached hydrogens (tertiary/aromatic N) is 3. The van der Waals surface area contributed by atoms with Crippen molar-refractivity contribution in [2.24, 2.45) is 0 Å². The molecule has 0 bridgehead atoms. The molecule has 0 N–H and O–H groups in total. The predicted octanol–water partition coefficient (Wildman–Crippen LogP) is 3.70. The fraction of sp³-hybridized carbons (Fsp3) is 0.188. The van der Waals surface area contributed by atoms with Gasteiger partial charge < -0.3 is 9.80 Å². The Labute approximate surface area is 119 Å².